The van der Waals surface area contributed by atoms with Crippen LogP contribution in [0.2, 0.25) is 0 Å². The first-order valence-electron chi connectivity index (χ1n) is 2.93. The summed E-state index contributed by atoms with van der Waals surface area (Å²) >= 11 is 1.84. The summed E-state index contributed by atoms with van der Waals surface area (Å²) in [6.45, 7) is 0.869. The minimum atomic E-state index is -0.139. The zero-order chi connectivity index (χ0) is 6.27. The average Bonchev–Trinajstić information content (AvgIpc) is 1.86. The summed E-state index contributed by atoms with van der Waals surface area (Å²) in [5, 5.41) is 0. The first kappa shape index (κ1) is 5.41. The third kappa shape index (κ3) is 0.694. The Balaban J connectivity index is 2.01. The SMILES string of the molecule is O=C1OC2CSCCN12. The van der Waals surface area contributed by atoms with Gasteiger partial charge in [0.25, 0.3) is 0 Å². The Bertz CT molecular complexity index is 150. The topological polar surface area (TPSA) is 29.5 Å². The lowest BCUT2D eigenvalue weighted by atomic mass is 10.4. The van der Waals surface area contributed by atoms with Gasteiger partial charge in [0.05, 0.1) is 5.75 Å². The smallest absolute Gasteiger partial charge is 0.414 e. The van der Waals surface area contributed by atoms with Crippen molar-refractivity contribution in [3.8, 4) is 0 Å². The molecular weight excluding hydrogens is 138 g/mol. The highest BCUT2D eigenvalue weighted by atomic mass is 32.2. The lowest BCUT2D eigenvalue weighted by Crippen LogP contribution is -2.58. The molecular formula is C5H7NO2S. The molecule has 2 saturated heterocycles. The van der Waals surface area contributed by atoms with Crippen LogP contribution in [0.25, 0.3) is 0 Å². The van der Waals surface area contributed by atoms with Gasteiger partial charge in [0.15, 0.2) is 6.23 Å². The number of carbonyl (C=O) groups is 1. The molecule has 0 aromatic heterocycles. The van der Waals surface area contributed by atoms with Crippen molar-refractivity contribution in [3.63, 3.8) is 0 Å². The summed E-state index contributed by atoms with van der Waals surface area (Å²) in [7, 11) is 0. The van der Waals surface area contributed by atoms with Crippen molar-refractivity contribution >= 4 is 17.9 Å². The quantitative estimate of drug-likeness (QED) is 0.497. The Kier molecular flexibility index (Phi) is 1.08. The van der Waals surface area contributed by atoms with Crippen LogP contribution in [0.3, 0.4) is 0 Å². The number of thioether (sulfide) groups is 1. The Morgan fingerprint density at radius 1 is 1.78 bits per heavy atom. The highest BCUT2D eigenvalue weighted by Gasteiger charge is 2.39. The Hall–Kier alpha value is -0.380. The third-order valence-electron chi connectivity index (χ3n) is 1.56. The average molecular weight is 145 g/mol. The van der Waals surface area contributed by atoms with E-state index >= 15 is 0 Å². The van der Waals surface area contributed by atoms with Crippen LogP contribution in [0.15, 0.2) is 0 Å². The molecule has 0 aromatic carbocycles. The van der Waals surface area contributed by atoms with Crippen LogP contribution >= 0.6 is 11.8 Å². The first-order valence-corrected chi connectivity index (χ1v) is 4.08. The van der Waals surface area contributed by atoms with E-state index in [1.54, 1.807) is 4.90 Å². The molecule has 2 heterocycles. The molecule has 2 rings (SSSR count). The van der Waals surface area contributed by atoms with Crippen LogP contribution in [0.5, 0.6) is 0 Å². The molecule has 2 aliphatic heterocycles. The number of amides is 1. The summed E-state index contributed by atoms with van der Waals surface area (Å²) in [5.74, 6) is 2.01. The maximum absolute atomic E-state index is 10.6. The molecule has 0 bridgehead atoms. The molecule has 4 heteroatoms. The molecule has 0 aromatic rings. The van der Waals surface area contributed by atoms with E-state index < -0.39 is 0 Å². The number of hydrogen-bond donors (Lipinski definition) is 0. The molecule has 0 saturated carbocycles. The number of carbonyl (C=O) groups excluding carboxylic acids is 1. The molecule has 0 N–H and O–H groups in total. The van der Waals surface area contributed by atoms with Crippen LogP contribution in [-0.2, 0) is 4.74 Å². The molecule has 1 unspecified atom stereocenters. The molecule has 50 valence electrons. The van der Waals surface area contributed by atoms with Crippen LogP contribution in [-0.4, -0.2) is 35.3 Å². The summed E-state index contributed by atoms with van der Waals surface area (Å²) in [5.41, 5.74) is 0. The van der Waals surface area contributed by atoms with E-state index in [1.165, 1.54) is 0 Å². The lowest BCUT2D eigenvalue weighted by molar-refractivity contribution is -0.0816. The van der Waals surface area contributed by atoms with Gasteiger partial charge in [-0.2, -0.15) is 11.8 Å². The minimum absolute atomic E-state index is 0.108. The van der Waals surface area contributed by atoms with Gasteiger partial charge < -0.3 is 4.74 Å². The second-order valence-electron chi connectivity index (χ2n) is 2.11. The van der Waals surface area contributed by atoms with Crippen LogP contribution in [0.1, 0.15) is 0 Å². The monoisotopic (exact) mass is 145 g/mol. The molecule has 1 atom stereocenters. The van der Waals surface area contributed by atoms with Crippen molar-refractivity contribution < 1.29 is 9.53 Å². The maximum Gasteiger partial charge on any atom is 0.414 e. The van der Waals surface area contributed by atoms with Gasteiger partial charge in [-0.05, 0) is 0 Å². The predicted octanol–water partition coefficient (Wildman–Crippen LogP) is 0.512. The number of fused-ring (bicyclic) bond motifs is 1. The summed E-state index contributed by atoms with van der Waals surface area (Å²) in [6, 6.07) is 0. The standard InChI is InChI=1S/C5H7NO2S/c7-5-6-1-2-9-3-4(6)8-5/h4H,1-3H2. The van der Waals surface area contributed by atoms with E-state index in [0.29, 0.717) is 0 Å². The molecule has 9 heavy (non-hydrogen) atoms. The number of hydrogen-bond acceptors (Lipinski definition) is 3. The van der Waals surface area contributed by atoms with E-state index in [4.69, 9.17) is 4.74 Å². The second-order valence-corrected chi connectivity index (χ2v) is 3.26. The largest absolute Gasteiger partial charge is 0.424 e. The van der Waals surface area contributed by atoms with Gasteiger partial charge >= 0.3 is 6.09 Å². The second kappa shape index (κ2) is 1.80. The molecule has 2 fully saturated rings. The maximum atomic E-state index is 10.6. The van der Waals surface area contributed by atoms with Crippen molar-refractivity contribution in [1.82, 2.24) is 4.90 Å². The summed E-state index contributed by atoms with van der Waals surface area (Å²) < 4.78 is 4.81. The minimum Gasteiger partial charge on any atom is -0.424 e. The fourth-order valence-corrected chi connectivity index (χ4v) is 1.96. The van der Waals surface area contributed by atoms with E-state index in [0.717, 1.165) is 18.1 Å². The molecule has 3 nitrogen and oxygen atoms in total. The molecule has 2 aliphatic rings. The van der Waals surface area contributed by atoms with Gasteiger partial charge in [0, 0.05) is 12.3 Å². The van der Waals surface area contributed by atoms with Crippen molar-refractivity contribution in [2.75, 3.05) is 18.1 Å². The van der Waals surface area contributed by atoms with E-state index in [2.05, 4.69) is 0 Å². The van der Waals surface area contributed by atoms with Gasteiger partial charge in [-0.25, -0.2) is 4.79 Å². The fraction of sp³-hybridized carbons (Fsp3) is 0.800. The molecule has 0 aliphatic carbocycles. The van der Waals surface area contributed by atoms with Gasteiger partial charge in [0.2, 0.25) is 0 Å². The van der Waals surface area contributed by atoms with Crippen molar-refractivity contribution in [3.05, 3.63) is 0 Å². The predicted molar refractivity (Wildman–Crippen MR) is 34.3 cm³/mol. The zero-order valence-electron chi connectivity index (χ0n) is 4.87. The van der Waals surface area contributed by atoms with Gasteiger partial charge in [0.1, 0.15) is 0 Å². The van der Waals surface area contributed by atoms with Crippen molar-refractivity contribution in [2.24, 2.45) is 0 Å². The zero-order valence-corrected chi connectivity index (χ0v) is 5.69. The number of nitrogens with zero attached hydrogens (tertiary/aromatic N) is 1. The van der Waals surface area contributed by atoms with Crippen LogP contribution in [0, 0.1) is 0 Å². The first-order chi connectivity index (χ1) is 4.38. The fourth-order valence-electron chi connectivity index (χ4n) is 1.02. The molecule has 1 amide bonds. The number of rotatable bonds is 0. The van der Waals surface area contributed by atoms with Gasteiger partial charge in [-0.3, -0.25) is 4.90 Å². The van der Waals surface area contributed by atoms with Crippen molar-refractivity contribution in [2.45, 2.75) is 6.23 Å². The third-order valence-corrected chi connectivity index (χ3v) is 2.55. The normalized spacial score (nSPS) is 32.7. The molecule has 0 radical (unpaired) electrons. The lowest BCUT2D eigenvalue weighted by Gasteiger charge is -2.42. The number of ether oxygens (including phenoxy) is 1. The van der Waals surface area contributed by atoms with Gasteiger partial charge in [-0.1, -0.05) is 0 Å². The van der Waals surface area contributed by atoms with Crippen LogP contribution < -0.4 is 0 Å². The Morgan fingerprint density at radius 3 is 3.22 bits per heavy atom. The Labute approximate surface area is 57.3 Å². The van der Waals surface area contributed by atoms with E-state index in [9.17, 15) is 4.79 Å². The van der Waals surface area contributed by atoms with Crippen LogP contribution in [0.4, 0.5) is 4.79 Å². The molecule has 0 spiro atoms. The van der Waals surface area contributed by atoms with E-state index in [1.807, 2.05) is 11.8 Å². The van der Waals surface area contributed by atoms with E-state index in [-0.39, 0.29) is 12.3 Å². The highest BCUT2D eigenvalue weighted by Crippen LogP contribution is 2.25. The summed E-state index contributed by atoms with van der Waals surface area (Å²) in [6.07, 6.45) is -0.0310. The highest BCUT2D eigenvalue weighted by molar-refractivity contribution is 7.99. The van der Waals surface area contributed by atoms with Crippen molar-refractivity contribution in [1.29, 1.82) is 0 Å². The summed E-state index contributed by atoms with van der Waals surface area (Å²) in [4.78, 5) is 12.3. The Morgan fingerprint density at radius 2 is 2.67 bits per heavy atom. The van der Waals surface area contributed by atoms with Gasteiger partial charge in [-0.15, -0.1) is 0 Å².